The SMILES string of the molecule is COC(=O)[C@H]1CC[C@@H](OC(=O)N(C)C)/C=C/C[C@@H]1NC(=O)OCC[Si](C)(C)C. The van der Waals surface area contributed by atoms with Crippen LogP contribution in [0.4, 0.5) is 9.59 Å². The smallest absolute Gasteiger partial charge is 0.409 e. The van der Waals surface area contributed by atoms with Gasteiger partial charge in [0.1, 0.15) is 6.10 Å². The minimum absolute atomic E-state index is 0.371. The van der Waals surface area contributed by atoms with Gasteiger partial charge in [-0.3, -0.25) is 4.79 Å². The highest BCUT2D eigenvalue weighted by atomic mass is 28.3. The number of esters is 1. The van der Waals surface area contributed by atoms with Crippen molar-refractivity contribution in [2.75, 3.05) is 27.8 Å². The lowest BCUT2D eigenvalue weighted by Crippen LogP contribution is -2.45. The van der Waals surface area contributed by atoms with Crippen LogP contribution in [0.15, 0.2) is 12.2 Å². The van der Waals surface area contributed by atoms with Crippen LogP contribution in [-0.2, 0) is 19.0 Å². The molecule has 1 rings (SSSR count). The molecule has 0 saturated carbocycles. The zero-order chi connectivity index (χ0) is 21.3. The maximum absolute atomic E-state index is 12.3. The molecule has 0 aromatic rings. The van der Waals surface area contributed by atoms with Gasteiger partial charge in [0, 0.05) is 28.2 Å². The molecule has 8 nitrogen and oxygen atoms in total. The van der Waals surface area contributed by atoms with Gasteiger partial charge in [0.05, 0.1) is 19.6 Å². The van der Waals surface area contributed by atoms with Crippen molar-refractivity contribution in [2.24, 2.45) is 5.92 Å². The molecule has 0 fully saturated rings. The number of carbonyl (C=O) groups is 3. The lowest BCUT2D eigenvalue weighted by atomic mass is 9.88. The van der Waals surface area contributed by atoms with Crippen LogP contribution in [0.3, 0.4) is 0 Å². The van der Waals surface area contributed by atoms with E-state index in [1.165, 1.54) is 12.0 Å². The molecule has 9 heteroatoms. The minimum Gasteiger partial charge on any atom is -0.469 e. The van der Waals surface area contributed by atoms with Gasteiger partial charge in [-0.25, -0.2) is 9.59 Å². The van der Waals surface area contributed by atoms with Crippen LogP contribution in [0.5, 0.6) is 0 Å². The minimum atomic E-state index is -1.29. The number of nitrogens with zero attached hydrogens (tertiary/aromatic N) is 1. The van der Waals surface area contributed by atoms with E-state index in [0.717, 1.165) is 6.04 Å². The molecule has 1 aliphatic carbocycles. The average Bonchev–Trinajstić information content (AvgIpc) is 2.57. The highest BCUT2D eigenvalue weighted by Crippen LogP contribution is 2.23. The molecule has 0 radical (unpaired) electrons. The largest absolute Gasteiger partial charge is 0.469 e. The molecule has 0 saturated heterocycles. The van der Waals surface area contributed by atoms with Crippen LogP contribution >= 0.6 is 0 Å². The van der Waals surface area contributed by atoms with Crippen LogP contribution in [-0.4, -0.2) is 71.1 Å². The first-order chi connectivity index (χ1) is 13.0. The third kappa shape index (κ3) is 8.77. The van der Waals surface area contributed by atoms with Gasteiger partial charge in [0.15, 0.2) is 0 Å². The predicted octanol–water partition coefficient (Wildman–Crippen LogP) is 3.02. The zero-order valence-electron chi connectivity index (χ0n) is 17.8. The van der Waals surface area contributed by atoms with E-state index < -0.39 is 44.3 Å². The van der Waals surface area contributed by atoms with Crippen molar-refractivity contribution in [3.63, 3.8) is 0 Å². The Morgan fingerprint density at radius 1 is 1.18 bits per heavy atom. The third-order valence-electron chi connectivity index (χ3n) is 4.50. The van der Waals surface area contributed by atoms with E-state index in [1.54, 1.807) is 20.2 Å². The lowest BCUT2D eigenvalue weighted by Gasteiger charge is -2.28. The number of rotatable bonds is 6. The van der Waals surface area contributed by atoms with Gasteiger partial charge in [-0.1, -0.05) is 25.7 Å². The molecule has 0 aromatic heterocycles. The molecule has 3 atom stereocenters. The maximum Gasteiger partial charge on any atom is 0.409 e. The second-order valence-electron chi connectivity index (χ2n) is 8.38. The van der Waals surface area contributed by atoms with Crippen molar-refractivity contribution >= 4 is 26.2 Å². The molecule has 1 aliphatic rings. The fourth-order valence-electron chi connectivity index (χ4n) is 2.75. The first-order valence-corrected chi connectivity index (χ1v) is 13.3. The summed E-state index contributed by atoms with van der Waals surface area (Å²) in [5, 5.41) is 2.80. The summed E-state index contributed by atoms with van der Waals surface area (Å²) >= 11 is 0. The van der Waals surface area contributed by atoms with Crippen LogP contribution in [0, 0.1) is 5.92 Å². The van der Waals surface area contributed by atoms with Gasteiger partial charge >= 0.3 is 18.2 Å². The van der Waals surface area contributed by atoms with Crippen molar-refractivity contribution < 1.29 is 28.6 Å². The molecular formula is C19H34N2O6Si. The van der Waals surface area contributed by atoms with Gasteiger partial charge in [-0.2, -0.15) is 0 Å². The van der Waals surface area contributed by atoms with Gasteiger partial charge in [0.2, 0.25) is 0 Å². The Hall–Kier alpha value is -2.03. The van der Waals surface area contributed by atoms with E-state index in [1.807, 2.05) is 6.08 Å². The van der Waals surface area contributed by atoms with E-state index in [4.69, 9.17) is 14.2 Å². The third-order valence-corrected chi connectivity index (χ3v) is 6.20. The fraction of sp³-hybridized carbons (Fsp3) is 0.737. The zero-order valence-corrected chi connectivity index (χ0v) is 18.8. The second-order valence-corrected chi connectivity index (χ2v) is 14.0. The van der Waals surface area contributed by atoms with Crippen LogP contribution < -0.4 is 5.32 Å². The summed E-state index contributed by atoms with van der Waals surface area (Å²) in [5.41, 5.74) is 0. The predicted molar refractivity (Wildman–Crippen MR) is 109 cm³/mol. The number of carbonyl (C=O) groups excluding carboxylic acids is 3. The summed E-state index contributed by atoms with van der Waals surface area (Å²) in [5.74, 6) is -0.944. The topological polar surface area (TPSA) is 94.2 Å². The molecule has 0 aliphatic heterocycles. The Bertz CT molecular complexity index is 573. The fourth-order valence-corrected chi connectivity index (χ4v) is 3.47. The van der Waals surface area contributed by atoms with Gasteiger partial charge < -0.3 is 24.4 Å². The van der Waals surface area contributed by atoms with Crippen molar-refractivity contribution in [1.29, 1.82) is 0 Å². The van der Waals surface area contributed by atoms with Crippen molar-refractivity contribution in [2.45, 2.75) is 57.1 Å². The number of nitrogens with one attached hydrogen (secondary N) is 1. The molecule has 160 valence electrons. The summed E-state index contributed by atoms with van der Waals surface area (Å²) in [6.45, 7) is 7.00. The standard InChI is InChI=1S/C19H34N2O6Si/c1-21(2)19(24)27-14-8-7-9-16(15(11-10-14)17(22)25-3)20-18(23)26-12-13-28(4,5)6/h7-8,14-16H,9-13H2,1-6H3,(H,20,23)/b8-7+/t14-,15-,16-/m0/s1. The Labute approximate surface area is 168 Å². The second kappa shape index (κ2) is 11.1. The Balaban J connectivity index is 2.73. The van der Waals surface area contributed by atoms with Gasteiger partial charge in [0.25, 0.3) is 0 Å². The number of hydrogen-bond donors (Lipinski definition) is 1. The van der Waals surface area contributed by atoms with Gasteiger partial charge in [-0.15, -0.1) is 0 Å². The lowest BCUT2D eigenvalue weighted by molar-refractivity contribution is -0.146. The first kappa shape index (κ1) is 24.0. The van der Waals surface area contributed by atoms with E-state index in [9.17, 15) is 14.4 Å². The maximum atomic E-state index is 12.3. The van der Waals surface area contributed by atoms with Crippen LogP contribution in [0.25, 0.3) is 0 Å². The number of ether oxygens (including phenoxy) is 3. The van der Waals surface area contributed by atoms with Crippen LogP contribution in [0.2, 0.25) is 25.7 Å². The molecule has 0 bridgehead atoms. The molecule has 0 aromatic carbocycles. The Kier molecular flexibility index (Phi) is 9.50. The molecule has 0 spiro atoms. The summed E-state index contributed by atoms with van der Waals surface area (Å²) < 4.78 is 15.6. The Morgan fingerprint density at radius 3 is 2.43 bits per heavy atom. The number of alkyl carbamates (subject to hydrolysis) is 1. The molecule has 0 heterocycles. The normalized spacial score (nSPS) is 23.6. The molecule has 2 amide bonds. The molecular weight excluding hydrogens is 380 g/mol. The van der Waals surface area contributed by atoms with E-state index in [0.29, 0.717) is 25.9 Å². The monoisotopic (exact) mass is 414 g/mol. The summed E-state index contributed by atoms with van der Waals surface area (Å²) in [7, 11) is 3.25. The van der Waals surface area contributed by atoms with Crippen LogP contribution in [0.1, 0.15) is 19.3 Å². The Morgan fingerprint density at radius 2 is 1.86 bits per heavy atom. The molecule has 0 unspecified atom stereocenters. The number of hydrogen-bond acceptors (Lipinski definition) is 6. The summed E-state index contributed by atoms with van der Waals surface area (Å²) in [4.78, 5) is 37.5. The average molecular weight is 415 g/mol. The number of amides is 2. The molecule has 28 heavy (non-hydrogen) atoms. The highest BCUT2D eigenvalue weighted by molar-refractivity contribution is 6.76. The van der Waals surface area contributed by atoms with E-state index >= 15 is 0 Å². The van der Waals surface area contributed by atoms with E-state index in [2.05, 4.69) is 25.0 Å². The van der Waals surface area contributed by atoms with Crippen molar-refractivity contribution in [3.8, 4) is 0 Å². The molecule has 1 N–H and O–H groups in total. The summed E-state index contributed by atoms with van der Waals surface area (Å²) in [6.07, 6.45) is 3.51. The van der Waals surface area contributed by atoms with Crippen molar-refractivity contribution in [3.05, 3.63) is 12.2 Å². The number of methoxy groups -OCH3 is 1. The van der Waals surface area contributed by atoms with Gasteiger partial charge in [-0.05, 0) is 31.4 Å². The first-order valence-electron chi connectivity index (χ1n) is 9.59. The highest BCUT2D eigenvalue weighted by Gasteiger charge is 2.32. The summed E-state index contributed by atoms with van der Waals surface area (Å²) in [6, 6.07) is 0.443. The quantitative estimate of drug-likeness (QED) is 0.311. The van der Waals surface area contributed by atoms with Crippen molar-refractivity contribution in [1.82, 2.24) is 10.2 Å². The van der Waals surface area contributed by atoms with E-state index in [-0.39, 0.29) is 0 Å².